The predicted molar refractivity (Wildman–Crippen MR) is 59.2 cm³/mol. The van der Waals surface area contributed by atoms with Crippen LogP contribution in [0.4, 0.5) is 0 Å². The van der Waals surface area contributed by atoms with Crippen molar-refractivity contribution in [3.8, 4) is 0 Å². The minimum Gasteiger partial charge on any atom is -0.346 e. The van der Waals surface area contributed by atoms with Gasteiger partial charge in [-0.2, -0.15) is 0 Å². The molecule has 0 aliphatic heterocycles. The average Bonchev–Trinajstić information content (AvgIpc) is 2.26. The number of carbonyl (C=O) groups is 2. The third-order valence-corrected chi connectivity index (χ3v) is 2.31. The van der Waals surface area contributed by atoms with Crippen molar-refractivity contribution in [3.05, 3.63) is 0 Å². The molecule has 0 bridgehead atoms. The van der Waals surface area contributed by atoms with Crippen molar-refractivity contribution in [2.75, 3.05) is 19.6 Å². The fraction of sp³-hybridized carbons (Fsp3) is 0.800. The summed E-state index contributed by atoms with van der Waals surface area (Å²) < 4.78 is 0. The molecule has 0 heterocycles. The van der Waals surface area contributed by atoms with Gasteiger partial charge in [-0.25, -0.2) is 0 Å². The van der Waals surface area contributed by atoms with Crippen LogP contribution in [0.3, 0.4) is 0 Å². The summed E-state index contributed by atoms with van der Waals surface area (Å²) in [5, 5.41) is 2.53. The highest BCUT2D eigenvalue weighted by atomic mass is 16.2. The van der Waals surface area contributed by atoms with Crippen LogP contribution >= 0.6 is 0 Å². The molecule has 1 unspecified atom stereocenters. The standard InChI is InChI=1S/C10H21N3O2/c1-4-8(11)10(15)12-7-9(14)13(5-2)6-3/h8H,4-7,11H2,1-3H3,(H,12,15). The van der Waals surface area contributed by atoms with Gasteiger partial charge in [0.05, 0.1) is 12.6 Å². The summed E-state index contributed by atoms with van der Waals surface area (Å²) in [5.74, 6) is -0.338. The van der Waals surface area contributed by atoms with E-state index in [-0.39, 0.29) is 18.4 Å². The summed E-state index contributed by atoms with van der Waals surface area (Å²) in [5.41, 5.74) is 5.51. The van der Waals surface area contributed by atoms with E-state index in [4.69, 9.17) is 5.73 Å². The molecule has 0 aromatic carbocycles. The lowest BCUT2D eigenvalue weighted by Crippen LogP contribution is -2.45. The van der Waals surface area contributed by atoms with E-state index in [9.17, 15) is 9.59 Å². The second-order valence-electron chi connectivity index (χ2n) is 3.30. The van der Waals surface area contributed by atoms with Crippen molar-refractivity contribution < 1.29 is 9.59 Å². The molecule has 0 radical (unpaired) electrons. The molecule has 0 spiro atoms. The minimum atomic E-state index is -0.519. The molecule has 0 aromatic rings. The molecule has 3 N–H and O–H groups in total. The second kappa shape index (κ2) is 7.23. The molecule has 2 amide bonds. The van der Waals surface area contributed by atoms with E-state index in [0.717, 1.165) is 0 Å². The van der Waals surface area contributed by atoms with Gasteiger partial charge in [0, 0.05) is 13.1 Å². The minimum absolute atomic E-state index is 0.0359. The Morgan fingerprint density at radius 2 is 1.80 bits per heavy atom. The molecule has 0 fully saturated rings. The quantitative estimate of drug-likeness (QED) is 0.639. The van der Waals surface area contributed by atoms with E-state index in [0.29, 0.717) is 19.5 Å². The lowest BCUT2D eigenvalue weighted by atomic mass is 10.2. The van der Waals surface area contributed by atoms with Crippen molar-refractivity contribution in [2.45, 2.75) is 33.2 Å². The fourth-order valence-corrected chi connectivity index (χ4v) is 1.17. The highest BCUT2D eigenvalue weighted by molar-refractivity contribution is 5.87. The Hall–Kier alpha value is -1.10. The summed E-state index contributed by atoms with van der Waals surface area (Å²) >= 11 is 0. The topological polar surface area (TPSA) is 75.4 Å². The molecule has 5 nitrogen and oxygen atoms in total. The Kier molecular flexibility index (Phi) is 6.70. The predicted octanol–water partition coefficient (Wildman–Crippen LogP) is -0.292. The molecule has 0 aromatic heterocycles. The van der Waals surface area contributed by atoms with Crippen molar-refractivity contribution >= 4 is 11.8 Å². The Labute approximate surface area is 91.0 Å². The van der Waals surface area contributed by atoms with E-state index in [1.54, 1.807) is 4.90 Å². The van der Waals surface area contributed by atoms with Crippen LogP contribution in [0.5, 0.6) is 0 Å². The zero-order valence-electron chi connectivity index (χ0n) is 9.75. The van der Waals surface area contributed by atoms with Crippen LogP contribution in [0.15, 0.2) is 0 Å². The van der Waals surface area contributed by atoms with Crippen molar-refractivity contribution in [1.82, 2.24) is 10.2 Å². The van der Waals surface area contributed by atoms with Crippen molar-refractivity contribution in [1.29, 1.82) is 0 Å². The van der Waals surface area contributed by atoms with Gasteiger partial charge in [0.15, 0.2) is 0 Å². The monoisotopic (exact) mass is 215 g/mol. The first-order valence-corrected chi connectivity index (χ1v) is 5.37. The van der Waals surface area contributed by atoms with Gasteiger partial charge in [0.25, 0.3) is 0 Å². The maximum Gasteiger partial charge on any atom is 0.241 e. The van der Waals surface area contributed by atoms with Crippen LogP contribution < -0.4 is 11.1 Å². The van der Waals surface area contributed by atoms with Crippen molar-refractivity contribution in [2.24, 2.45) is 5.73 Å². The van der Waals surface area contributed by atoms with Gasteiger partial charge >= 0.3 is 0 Å². The average molecular weight is 215 g/mol. The zero-order chi connectivity index (χ0) is 11.8. The maximum atomic E-state index is 11.5. The molecule has 0 saturated heterocycles. The van der Waals surface area contributed by atoms with E-state index in [1.165, 1.54) is 0 Å². The normalized spacial score (nSPS) is 12.0. The number of nitrogens with two attached hydrogens (primary N) is 1. The van der Waals surface area contributed by atoms with Crippen LogP contribution in [0.25, 0.3) is 0 Å². The number of likely N-dealkylation sites (N-methyl/N-ethyl adjacent to an activating group) is 1. The molecule has 1 atom stereocenters. The zero-order valence-corrected chi connectivity index (χ0v) is 9.75. The smallest absolute Gasteiger partial charge is 0.241 e. The van der Waals surface area contributed by atoms with Gasteiger partial charge in [0.2, 0.25) is 11.8 Å². The highest BCUT2D eigenvalue weighted by Gasteiger charge is 2.14. The molecular weight excluding hydrogens is 194 g/mol. The number of hydrogen-bond donors (Lipinski definition) is 2. The second-order valence-corrected chi connectivity index (χ2v) is 3.30. The summed E-state index contributed by atoms with van der Waals surface area (Å²) in [4.78, 5) is 24.4. The Bertz CT molecular complexity index is 215. The molecule has 88 valence electrons. The molecule has 0 rings (SSSR count). The first-order valence-electron chi connectivity index (χ1n) is 5.37. The molecule has 15 heavy (non-hydrogen) atoms. The van der Waals surface area contributed by atoms with Crippen LogP contribution in [0, 0.1) is 0 Å². The van der Waals surface area contributed by atoms with Crippen LogP contribution in [-0.2, 0) is 9.59 Å². The molecule has 0 aliphatic rings. The fourth-order valence-electron chi connectivity index (χ4n) is 1.17. The SMILES string of the molecule is CCC(N)C(=O)NCC(=O)N(CC)CC. The van der Waals surface area contributed by atoms with Gasteiger partial charge in [-0.05, 0) is 20.3 Å². The number of rotatable bonds is 6. The Morgan fingerprint density at radius 1 is 1.27 bits per heavy atom. The molecule has 0 aliphatic carbocycles. The van der Waals surface area contributed by atoms with E-state index >= 15 is 0 Å². The Morgan fingerprint density at radius 3 is 2.20 bits per heavy atom. The largest absolute Gasteiger partial charge is 0.346 e. The van der Waals surface area contributed by atoms with Gasteiger partial charge in [-0.1, -0.05) is 6.92 Å². The number of hydrogen-bond acceptors (Lipinski definition) is 3. The van der Waals surface area contributed by atoms with Crippen LogP contribution in [-0.4, -0.2) is 42.4 Å². The summed E-state index contributed by atoms with van der Waals surface area (Å²) in [6.07, 6.45) is 0.575. The maximum absolute atomic E-state index is 11.5. The van der Waals surface area contributed by atoms with E-state index < -0.39 is 6.04 Å². The lowest BCUT2D eigenvalue weighted by Gasteiger charge is -2.19. The first kappa shape index (κ1) is 13.9. The number of carbonyl (C=O) groups excluding carboxylic acids is 2. The summed E-state index contributed by atoms with van der Waals surface area (Å²) in [6.45, 7) is 6.99. The van der Waals surface area contributed by atoms with Gasteiger partial charge in [-0.3, -0.25) is 9.59 Å². The number of nitrogens with zero attached hydrogens (tertiary/aromatic N) is 1. The number of amides is 2. The summed E-state index contributed by atoms with van der Waals surface area (Å²) in [7, 11) is 0. The van der Waals surface area contributed by atoms with Gasteiger partial charge < -0.3 is 16.0 Å². The van der Waals surface area contributed by atoms with Crippen molar-refractivity contribution in [3.63, 3.8) is 0 Å². The first-order chi connectivity index (χ1) is 7.06. The molecular formula is C10H21N3O2. The van der Waals surface area contributed by atoms with Gasteiger partial charge in [-0.15, -0.1) is 0 Å². The van der Waals surface area contributed by atoms with Crippen LogP contribution in [0.1, 0.15) is 27.2 Å². The van der Waals surface area contributed by atoms with E-state index in [1.807, 2.05) is 20.8 Å². The van der Waals surface area contributed by atoms with Crippen LogP contribution in [0.2, 0.25) is 0 Å². The third kappa shape index (κ3) is 4.78. The molecule has 5 heteroatoms. The third-order valence-electron chi connectivity index (χ3n) is 2.31. The lowest BCUT2D eigenvalue weighted by molar-refractivity contribution is -0.132. The summed E-state index contributed by atoms with van der Waals surface area (Å²) in [6, 6.07) is -0.519. The van der Waals surface area contributed by atoms with E-state index in [2.05, 4.69) is 5.32 Å². The number of nitrogens with one attached hydrogen (secondary N) is 1. The highest BCUT2D eigenvalue weighted by Crippen LogP contribution is 1.89. The Balaban J connectivity index is 3.94. The van der Waals surface area contributed by atoms with Gasteiger partial charge in [0.1, 0.15) is 0 Å². The molecule has 0 saturated carbocycles.